The standard InChI is InChI=1S/C13H11N3O4/c1-2-20-12(17)13(8-14)6-5-9-7-10(16(18)19)3-4-11(9)15-13/h3-7,15H,2H2,1H3. The summed E-state index contributed by atoms with van der Waals surface area (Å²) in [6, 6.07) is 6.00. The zero-order valence-corrected chi connectivity index (χ0v) is 10.6. The monoisotopic (exact) mass is 273 g/mol. The Hall–Kier alpha value is -2.88. The lowest BCUT2D eigenvalue weighted by Crippen LogP contribution is -2.45. The van der Waals surface area contributed by atoms with Crippen molar-refractivity contribution in [1.82, 2.24) is 0 Å². The summed E-state index contributed by atoms with van der Waals surface area (Å²) in [6.45, 7) is 1.80. The van der Waals surface area contributed by atoms with Gasteiger partial charge < -0.3 is 10.1 Å². The molecule has 0 aromatic heterocycles. The van der Waals surface area contributed by atoms with Crippen LogP contribution in [0.25, 0.3) is 6.08 Å². The average Bonchev–Trinajstić information content (AvgIpc) is 2.46. The van der Waals surface area contributed by atoms with Crippen LogP contribution in [0.4, 0.5) is 11.4 Å². The molecule has 7 nitrogen and oxygen atoms in total. The summed E-state index contributed by atoms with van der Waals surface area (Å²) in [4.78, 5) is 22.1. The Balaban J connectivity index is 2.39. The number of rotatable bonds is 3. The quantitative estimate of drug-likeness (QED) is 0.512. The zero-order valence-electron chi connectivity index (χ0n) is 10.6. The number of hydrogen-bond acceptors (Lipinski definition) is 6. The molecule has 1 aromatic carbocycles. The molecule has 2 rings (SSSR count). The number of ether oxygens (including phenoxy) is 1. The molecule has 1 N–H and O–H groups in total. The summed E-state index contributed by atoms with van der Waals surface area (Å²) in [5.74, 6) is -0.706. The third-order valence-corrected chi connectivity index (χ3v) is 2.86. The number of non-ortho nitro benzene ring substituents is 1. The van der Waals surface area contributed by atoms with Gasteiger partial charge in [0.25, 0.3) is 5.69 Å². The molecule has 0 spiro atoms. The van der Waals surface area contributed by atoms with E-state index >= 15 is 0 Å². The lowest BCUT2D eigenvalue weighted by molar-refractivity contribution is -0.384. The van der Waals surface area contributed by atoms with Crippen LogP contribution in [0.2, 0.25) is 0 Å². The van der Waals surface area contributed by atoms with E-state index in [0.717, 1.165) is 0 Å². The Kier molecular flexibility index (Phi) is 3.39. The third-order valence-electron chi connectivity index (χ3n) is 2.86. The number of carbonyl (C=O) groups is 1. The first-order valence-corrected chi connectivity index (χ1v) is 5.87. The average molecular weight is 273 g/mol. The maximum absolute atomic E-state index is 11.9. The van der Waals surface area contributed by atoms with E-state index in [2.05, 4.69) is 5.32 Å². The Morgan fingerprint density at radius 2 is 2.35 bits per heavy atom. The van der Waals surface area contributed by atoms with Gasteiger partial charge in [0, 0.05) is 23.4 Å². The summed E-state index contributed by atoms with van der Waals surface area (Å²) in [6.07, 6.45) is 2.84. The molecule has 1 aromatic rings. The number of carbonyl (C=O) groups excluding carboxylic acids is 1. The molecule has 1 heterocycles. The molecule has 0 radical (unpaired) electrons. The second-order valence-electron chi connectivity index (χ2n) is 4.13. The number of fused-ring (bicyclic) bond motifs is 1. The highest BCUT2D eigenvalue weighted by Crippen LogP contribution is 2.31. The van der Waals surface area contributed by atoms with Gasteiger partial charge >= 0.3 is 5.97 Å². The van der Waals surface area contributed by atoms with Crippen LogP contribution in [-0.2, 0) is 9.53 Å². The molecular weight excluding hydrogens is 262 g/mol. The number of anilines is 1. The molecule has 102 valence electrons. The smallest absolute Gasteiger partial charge is 0.350 e. The van der Waals surface area contributed by atoms with Crippen LogP contribution >= 0.6 is 0 Å². The summed E-state index contributed by atoms with van der Waals surface area (Å²) in [7, 11) is 0. The Bertz CT molecular complexity index is 648. The highest BCUT2D eigenvalue weighted by atomic mass is 16.6. The number of nitrogens with zero attached hydrogens (tertiary/aromatic N) is 2. The van der Waals surface area contributed by atoms with Crippen LogP contribution in [-0.4, -0.2) is 23.0 Å². The zero-order chi connectivity index (χ0) is 14.8. The molecule has 0 fully saturated rings. The molecule has 0 saturated heterocycles. The van der Waals surface area contributed by atoms with E-state index in [-0.39, 0.29) is 12.3 Å². The maximum Gasteiger partial charge on any atom is 0.350 e. The van der Waals surface area contributed by atoms with Crippen LogP contribution < -0.4 is 5.32 Å². The van der Waals surface area contributed by atoms with Crippen LogP contribution in [0.5, 0.6) is 0 Å². The molecule has 1 unspecified atom stereocenters. The van der Waals surface area contributed by atoms with Gasteiger partial charge in [-0.1, -0.05) is 6.08 Å². The molecule has 0 bridgehead atoms. The fraction of sp³-hybridized carbons (Fsp3) is 0.231. The van der Waals surface area contributed by atoms with Crippen molar-refractivity contribution in [2.24, 2.45) is 0 Å². The summed E-state index contributed by atoms with van der Waals surface area (Å²) < 4.78 is 4.87. The molecule has 0 amide bonds. The first-order chi connectivity index (χ1) is 9.52. The van der Waals surface area contributed by atoms with Crippen LogP contribution in [0.1, 0.15) is 12.5 Å². The summed E-state index contributed by atoms with van der Waals surface area (Å²) >= 11 is 0. The van der Waals surface area contributed by atoms with Gasteiger partial charge in [-0.3, -0.25) is 10.1 Å². The van der Waals surface area contributed by atoms with Gasteiger partial charge in [0.2, 0.25) is 5.54 Å². The fourth-order valence-electron chi connectivity index (χ4n) is 1.86. The van der Waals surface area contributed by atoms with Gasteiger partial charge in [-0.25, -0.2) is 4.79 Å². The number of nitrogens with one attached hydrogen (secondary N) is 1. The molecule has 7 heteroatoms. The van der Waals surface area contributed by atoms with Gasteiger partial charge in [-0.2, -0.15) is 5.26 Å². The van der Waals surface area contributed by atoms with Crippen molar-refractivity contribution >= 4 is 23.4 Å². The number of nitro groups is 1. The minimum absolute atomic E-state index is 0.0595. The second-order valence-corrected chi connectivity index (χ2v) is 4.13. The second kappa shape index (κ2) is 5.01. The fourth-order valence-corrected chi connectivity index (χ4v) is 1.86. The van der Waals surface area contributed by atoms with Crippen LogP contribution in [0.15, 0.2) is 24.3 Å². The van der Waals surface area contributed by atoms with Crippen LogP contribution in [0, 0.1) is 21.4 Å². The number of nitriles is 1. The number of nitro benzene ring substituents is 1. The largest absolute Gasteiger partial charge is 0.463 e. The van der Waals surface area contributed by atoms with Crippen LogP contribution in [0.3, 0.4) is 0 Å². The molecule has 0 aliphatic carbocycles. The SMILES string of the molecule is CCOC(=O)C1(C#N)C=Cc2cc([N+](=O)[O-])ccc2N1. The Labute approximate surface area is 114 Å². The maximum atomic E-state index is 11.9. The molecule has 0 saturated carbocycles. The van der Waals surface area contributed by atoms with Crippen molar-refractivity contribution in [3.63, 3.8) is 0 Å². The minimum Gasteiger partial charge on any atom is -0.463 e. The van der Waals surface area contributed by atoms with Gasteiger partial charge in [0.15, 0.2) is 0 Å². The van der Waals surface area contributed by atoms with E-state index in [1.165, 1.54) is 30.4 Å². The van der Waals surface area contributed by atoms with E-state index in [9.17, 15) is 20.2 Å². The molecule has 1 aliphatic rings. The molecule has 1 atom stereocenters. The lowest BCUT2D eigenvalue weighted by Gasteiger charge is -2.27. The van der Waals surface area contributed by atoms with Gasteiger partial charge in [0.05, 0.1) is 11.5 Å². The number of hydrogen-bond donors (Lipinski definition) is 1. The minimum atomic E-state index is -1.60. The Morgan fingerprint density at radius 1 is 1.60 bits per heavy atom. The van der Waals surface area contributed by atoms with Gasteiger partial charge in [-0.15, -0.1) is 0 Å². The van der Waals surface area contributed by atoms with Crippen molar-refractivity contribution in [3.05, 3.63) is 40.0 Å². The number of benzene rings is 1. The van der Waals surface area contributed by atoms with E-state index < -0.39 is 16.4 Å². The first-order valence-electron chi connectivity index (χ1n) is 5.87. The van der Waals surface area contributed by atoms with Crippen molar-refractivity contribution in [2.75, 3.05) is 11.9 Å². The summed E-state index contributed by atoms with van der Waals surface area (Å²) in [5.41, 5.74) is -0.656. The van der Waals surface area contributed by atoms with Crippen molar-refractivity contribution in [3.8, 4) is 6.07 Å². The highest BCUT2D eigenvalue weighted by Gasteiger charge is 2.40. The third kappa shape index (κ3) is 2.19. The Morgan fingerprint density at radius 3 is 2.95 bits per heavy atom. The topological polar surface area (TPSA) is 105 Å². The lowest BCUT2D eigenvalue weighted by atomic mass is 9.94. The molecule has 20 heavy (non-hydrogen) atoms. The van der Waals surface area contributed by atoms with Crippen molar-refractivity contribution in [1.29, 1.82) is 5.26 Å². The van der Waals surface area contributed by atoms with E-state index in [4.69, 9.17) is 4.74 Å². The van der Waals surface area contributed by atoms with E-state index in [0.29, 0.717) is 11.3 Å². The molecular formula is C13H11N3O4. The van der Waals surface area contributed by atoms with Gasteiger partial charge in [-0.05, 0) is 19.1 Å². The number of esters is 1. The van der Waals surface area contributed by atoms with E-state index in [1.54, 1.807) is 6.92 Å². The highest BCUT2D eigenvalue weighted by molar-refractivity contribution is 5.95. The predicted molar refractivity (Wildman–Crippen MR) is 70.7 cm³/mol. The van der Waals surface area contributed by atoms with Gasteiger partial charge in [0.1, 0.15) is 6.07 Å². The summed E-state index contributed by atoms with van der Waals surface area (Å²) in [5, 5.41) is 22.7. The first kappa shape index (κ1) is 13.5. The normalized spacial score (nSPS) is 19.4. The van der Waals surface area contributed by atoms with Crippen molar-refractivity contribution < 1.29 is 14.5 Å². The predicted octanol–water partition coefficient (Wildman–Crippen LogP) is 1.86. The molecule has 1 aliphatic heterocycles. The van der Waals surface area contributed by atoms with E-state index in [1.807, 2.05) is 6.07 Å². The van der Waals surface area contributed by atoms with Crippen molar-refractivity contribution in [2.45, 2.75) is 12.5 Å².